The van der Waals surface area contributed by atoms with E-state index in [0.717, 1.165) is 47.8 Å². The molecule has 12 heteroatoms. The van der Waals surface area contributed by atoms with Crippen molar-refractivity contribution in [3.05, 3.63) is 46.1 Å². The molecule has 34 heavy (non-hydrogen) atoms. The van der Waals surface area contributed by atoms with Crippen LogP contribution < -0.4 is 4.90 Å². The van der Waals surface area contributed by atoms with E-state index in [-0.39, 0.29) is 6.54 Å². The first-order valence-corrected chi connectivity index (χ1v) is 11.4. The Morgan fingerprint density at radius 1 is 0.971 bits per heavy atom. The van der Waals surface area contributed by atoms with E-state index in [1.54, 1.807) is 6.07 Å². The van der Waals surface area contributed by atoms with Crippen molar-refractivity contribution in [3.63, 3.8) is 0 Å². The zero-order valence-corrected chi connectivity index (χ0v) is 18.5. The minimum Gasteiger partial charge on any atom is -0.356 e. The number of halogens is 7. The number of nitrogens with one attached hydrogen (secondary N) is 1. The van der Waals surface area contributed by atoms with Crippen molar-refractivity contribution in [3.8, 4) is 0 Å². The quantitative estimate of drug-likeness (QED) is 0.403. The standard InChI is InChI=1S/C22H20ClF6N5/c23-12-5-6-15-14(10-12)13-7-8-34(16(17(13)30-15)9-11-3-1-2-4-11)20-32-18(21(24,25)26)31-19(33-20)22(27,28)29/h5-6,10-11,16,30H,1-4,7-9H2/t16-/m0/s1. The molecule has 1 fully saturated rings. The Morgan fingerprint density at radius 2 is 1.62 bits per heavy atom. The van der Waals surface area contributed by atoms with Gasteiger partial charge in [0.05, 0.1) is 6.04 Å². The van der Waals surface area contributed by atoms with Crippen LogP contribution in [0, 0.1) is 5.92 Å². The highest BCUT2D eigenvalue weighted by atomic mass is 35.5. The Balaban J connectivity index is 1.64. The fourth-order valence-electron chi connectivity index (χ4n) is 5.13. The number of hydrogen-bond donors (Lipinski definition) is 1. The summed E-state index contributed by atoms with van der Waals surface area (Å²) >= 11 is 6.17. The van der Waals surface area contributed by atoms with Gasteiger partial charge in [-0.3, -0.25) is 0 Å². The van der Waals surface area contributed by atoms with E-state index in [1.807, 2.05) is 12.1 Å². The zero-order chi connectivity index (χ0) is 24.3. The second kappa shape index (κ2) is 8.28. The predicted molar refractivity (Wildman–Crippen MR) is 114 cm³/mol. The first-order valence-electron chi connectivity index (χ1n) is 11.0. The van der Waals surface area contributed by atoms with Crippen molar-refractivity contribution >= 4 is 28.5 Å². The predicted octanol–water partition coefficient (Wildman–Crippen LogP) is 6.73. The number of alkyl halides is 6. The zero-order valence-electron chi connectivity index (χ0n) is 17.8. The van der Waals surface area contributed by atoms with Crippen molar-refractivity contribution in [2.45, 2.75) is 56.9 Å². The van der Waals surface area contributed by atoms with Crippen LogP contribution >= 0.6 is 11.6 Å². The maximum Gasteiger partial charge on any atom is 0.451 e. The average Bonchev–Trinajstić information content (AvgIpc) is 3.40. The van der Waals surface area contributed by atoms with Crippen LogP contribution in [0.4, 0.5) is 32.3 Å². The third-order valence-electron chi connectivity index (χ3n) is 6.63. The lowest BCUT2D eigenvalue weighted by molar-refractivity contribution is -0.155. The fraction of sp³-hybridized carbons (Fsp3) is 0.500. The molecule has 3 aromatic rings. The van der Waals surface area contributed by atoms with Gasteiger partial charge in [-0.1, -0.05) is 37.3 Å². The van der Waals surface area contributed by atoms with E-state index in [0.29, 0.717) is 23.8 Å². The molecule has 0 spiro atoms. The SMILES string of the molecule is FC(F)(F)c1nc(N2CCc3c([nH]c4ccc(Cl)cc34)[C@@H]2CC2CCCC2)nc(C(F)(F)F)n1. The molecule has 0 bridgehead atoms. The van der Waals surface area contributed by atoms with E-state index in [1.165, 1.54) is 4.90 Å². The van der Waals surface area contributed by atoms with E-state index >= 15 is 0 Å². The summed E-state index contributed by atoms with van der Waals surface area (Å²) in [5, 5.41) is 1.45. The van der Waals surface area contributed by atoms with Gasteiger partial charge < -0.3 is 9.88 Å². The average molecular weight is 504 g/mol. The summed E-state index contributed by atoms with van der Waals surface area (Å²) in [4.78, 5) is 14.4. The van der Waals surface area contributed by atoms with Crippen LogP contribution in [-0.2, 0) is 18.8 Å². The van der Waals surface area contributed by atoms with Gasteiger partial charge in [0.1, 0.15) is 0 Å². The summed E-state index contributed by atoms with van der Waals surface area (Å²) in [6.07, 6.45) is -5.29. The summed E-state index contributed by atoms with van der Waals surface area (Å²) in [6, 6.07) is 4.87. The second-order valence-electron chi connectivity index (χ2n) is 8.83. The lowest BCUT2D eigenvalue weighted by atomic mass is 9.90. The molecule has 1 aromatic carbocycles. The Kier molecular flexibility index (Phi) is 5.65. The smallest absolute Gasteiger partial charge is 0.356 e. The number of aromatic nitrogens is 4. The van der Waals surface area contributed by atoms with Gasteiger partial charge in [0.2, 0.25) is 17.6 Å². The molecular formula is C22H20ClF6N5. The number of benzene rings is 1. The summed E-state index contributed by atoms with van der Waals surface area (Å²) in [6.45, 7) is 0.169. The number of fused-ring (bicyclic) bond motifs is 3. The number of aromatic amines is 1. The molecule has 1 aliphatic carbocycles. The highest BCUT2D eigenvalue weighted by molar-refractivity contribution is 6.31. The maximum absolute atomic E-state index is 13.4. The first kappa shape index (κ1) is 23.2. The molecule has 1 atom stereocenters. The number of hydrogen-bond acceptors (Lipinski definition) is 4. The van der Waals surface area contributed by atoms with Crippen molar-refractivity contribution in [1.82, 2.24) is 19.9 Å². The monoisotopic (exact) mass is 503 g/mol. The highest BCUT2D eigenvalue weighted by Crippen LogP contribution is 2.43. The number of H-pyrrole nitrogens is 1. The Labute approximate surface area is 195 Å². The molecule has 1 aliphatic heterocycles. The van der Waals surface area contributed by atoms with Crippen LogP contribution in [0.3, 0.4) is 0 Å². The second-order valence-corrected chi connectivity index (χ2v) is 9.27. The number of anilines is 1. The number of rotatable bonds is 3. The van der Waals surface area contributed by atoms with Crippen LogP contribution in [0.2, 0.25) is 5.02 Å². The van der Waals surface area contributed by atoms with Crippen LogP contribution in [0.1, 0.15) is 61.1 Å². The molecule has 0 radical (unpaired) electrons. The number of nitrogens with zero attached hydrogens (tertiary/aromatic N) is 4. The fourth-order valence-corrected chi connectivity index (χ4v) is 5.30. The lowest BCUT2D eigenvalue weighted by Gasteiger charge is -2.37. The first-order chi connectivity index (χ1) is 16.0. The van der Waals surface area contributed by atoms with Gasteiger partial charge >= 0.3 is 12.4 Å². The normalized spacial score (nSPS) is 19.7. The van der Waals surface area contributed by atoms with E-state index in [4.69, 9.17) is 11.6 Å². The molecular weight excluding hydrogens is 484 g/mol. The van der Waals surface area contributed by atoms with Gasteiger partial charge in [0, 0.05) is 28.2 Å². The molecule has 2 aliphatic rings. The molecule has 5 rings (SSSR count). The lowest BCUT2D eigenvalue weighted by Crippen LogP contribution is -2.38. The summed E-state index contributed by atoms with van der Waals surface area (Å²) in [5.41, 5.74) is 2.55. The van der Waals surface area contributed by atoms with Gasteiger partial charge in [0.15, 0.2) is 0 Å². The highest BCUT2D eigenvalue weighted by Gasteiger charge is 2.43. The molecule has 182 valence electrons. The molecule has 1 saturated carbocycles. The van der Waals surface area contributed by atoms with Gasteiger partial charge in [-0.2, -0.15) is 36.3 Å². The van der Waals surface area contributed by atoms with Crippen LogP contribution in [0.15, 0.2) is 18.2 Å². The third-order valence-corrected chi connectivity index (χ3v) is 6.87. The maximum atomic E-state index is 13.4. The van der Waals surface area contributed by atoms with E-state index < -0.39 is 36.0 Å². The molecule has 1 N–H and O–H groups in total. The third kappa shape index (κ3) is 4.30. The molecule has 5 nitrogen and oxygen atoms in total. The Hall–Kier alpha value is -2.56. The molecule has 2 aromatic heterocycles. The summed E-state index contributed by atoms with van der Waals surface area (Å²) in [7, 11) is 0. The van der Waals surface area contributed by atoms with Gasteiger partial charge in [-0.25, -0.2) is 4.98 Å². The molecule has 0 saturated heterocycles. The summed E-state index contributed by atoms with van der Waals surface area (Å²) < 4.78 is 80.3. The van der Waals surface area contributed by atoms with Crippen LogP contribution in [-0.4, -0.2) is 26.5 Å². The largest absolute Gasteiger partial charge is 0.451 e. The molecule has 3 heterocycles. The Morgan fingerprint density at radius 3 is 2.24 bits per heavy atom. The Bertz CT molecular complexity index is 1180. The van der Waals surface area contributed by atoms with Crippen LogP contribution in [0.25, 0.3) is 10.9 Å². The topological polar surface area (TPSA) is 57.7 Å². The minimum atomic E-state index is -5.14. The molecule has 0 amide bonds. The van der Waals surface area contributed by atoms with Crippen molar-refractivity contribution in [2.75, 3.05) is 11.4 Å². The van der Waals surface area contributed by atoms with Gasteiger partial charge in [-0.05, 0) is 42.5 Å². The molecule has 0 unspecified atom stereocenters. The summed E-state index contributed by atoms with van der Waals surface area (Å²) in [5.74, 6) is -4.00. The van der Waals surface area contributed by atoms with Crippen LogP contribution in [0.5, 0.6) is 0 Å². The van der Waals surface area contributed by atoms with Crippen molar-refractivity contribution in [1.29, 1.82) is 0 Å². The van der Waals surface area contributed by atoms with Crippen molar-refractivity contribution in [2.24, 2.45) is 5.92 Å². The van der Waals surface area contributed by atoms with E-state index in [9.17, 15) is 26.3 Å². The van der Waals surface area contributed by atoms with E-state index in [2.05, 4.69) is 19.9 Å². The van der Waals surface area contributed by atoms with Gasteiger partial charge in [-0.15, -0.1) is 0 Å². The van der Waals surface area contributed by atoms with Gasteiger partial charge in [0.25, 0.3) is 0 Å². The van der Waals surface area contributed by atoms with Crippen molar-refractivity contribution < 1.29 is 26.3 Å². The minimum absolute atomic E-state index is 0.169.